The number of carbonyl (C=O) groups is 1. The Bertz CT molecular complexity index is 773. The van der Waals surface area contributed by atoms with Crippen LogP contribution >= 0.6 is 0 Å². The van der Waals surface area contributed by atoms with Crippen LogP contribution in [0.15, 0.2) is 30.5 Å². The molecule has 140 valence electrons. The largest absolute Gasteiger partial charge is 0.492 e. The topological polar surface area (TPSA) is 60.5 Å². The normalized spacial score (nSPS) is 23.0. The van der Waals surface area contributed by atoms with Crippen molar-refractivity contribution in [2.45, 2.75) is 52.1 Å². The fourth-order valence-electron chi connectivity index (χ4n) is 3.95. The summed E-state index contributed by atoms with van der Waals surface area (Å²) in [5.74, 6) is 1.16. The van der Waals surface area contributed by atoms with E-state index in [1.54, 1.807) is 6.20 Å². The number of nitrogens with one attached hydrogen (secondary N) is 1. The molecule has 0 unspecified atom stereocenters. The minimum Gasteiger partial charge on any atom is -0.492 e. The average Bonchev–Trinajstić information content (AvgIpc) is 2.64. The van der Waals surface area contributed by atoms with Crippen LogP contribution in [0, 0.1) is 5.92 Å². The molecule has 0 aliphatic heterocycles. The van der Waals surface area contributed by atoms with Gasteiger partial charge < -0.3 is 14.8 Å². The Balaban J connectivity index is 1.92. The van der Waals surface area contributed by atoms with E-state index in [0.717, 1.165) is 48.0 Å². The number of benzene rings is 1. The van der Waals surface area contributed by atoms with Crippen molar-refractivity contribution in [1.82, 2.24) is 4.98 Å². The number of nitrogens with zero attached hydrogens (tertiary/aromatic N) is 1. The summed E-state index contributed by atoms with van der Waals surface area (Å²) in [7, 11) is 0. The maximum Gasteiger partial charge on any atom is 0.256 e. The Morgan fingerprint density at radius 3 is 2.88 bits per heavy atom. The van der Waals surface area contributed by atoms with E-state index in [9.17, 15) is 4.79 Å². The van der Waals surface area contributed by atoms with Gasteiger partial charge in [-0.25, -0.2) is 0 Å². The van der Waals surface area contributed by atoms with Crippen LogP contribution in [0.4, 0.5) is 5.69 Å². The van der Waals surface area contributed by atoms with Crippen LogP contribution in [-0.2, 0) is 9.53 Å². The molecule has 1 N–H and O–H groups in total. The van der Waals surface area contributed by atoms with Gasteiger partial charge in [-0.15, -0.1) is 0 Å². The molecule has 26 heavy (non-hydrogen) atoms. The average molecular weight is 356 g/mol. The zero-order chi connectivity index (χ0) is 18.6. The smallest absolute Gasteiger partial charge is 0.256 e. The molecule has 1 saturated carbocycles. The summed E-state index contributed by atoms with van der Waals surface area (Å²) in [6, 6.07) is 7.58. The monoisotopic (exact) mass is 356 g/mol. The molecule has 1 fully saturated rings. The zero-order valence-corrected chi connectivity index (χ0v) is 15.9. The van der Waals surface area contributed by atoms with Crippen molar-refractivity contribution < 1.29 is 14.3 Å². The summed E-state index contributed by atoms with van der Waals surface area (Å²) in [5.41, 5.74) is 0.771. The molecule has 2 atom stereocenters. The lowest BCUT2D eigenvalue weighted by Gasteiger charge is -2.38. The number of hydrogen-bond donors (Lipinski definition) is 1. The molecule has 0 saturated heterocycles. The lowest BCUT2D eigenvalue weighted by Crippen LogP contribution is -2.48. The third-order valence-electron chi connectivity index (χ3n) is 5.07. The van der Waals surface area contributed by atoms with E-state index >= 15 is 0 Å². The van der Waals surface area contributed by atoms with Gasteiger partial charge >= 0.3 is 0 Å². The van der Waals surface area contributed by atoms with E-state index in [-0.39, 0.29) is 5.91 Å². The SMILES string of the molecule is CCOc1ccc(NC(=O)[C@]2(OCC)CCC[C@H](C)C2)c2cccnc12. The van der Waals surface area contributed by atoms with Crippen molar-refractivity contribution in [3.63, 3.8) is 0 Å². The van der Waals surface area contributed by atoms with Crippen LogP contribution in [0.2, 0.25) is 0 Å². The Labute approximate surface area is 155 Å². The maximum atomic E-state index is 13.2. The fourth-order valence-corrected chi connectivity index (χ4v) is 3.95. The summed E-state index contributed by atoms with van der Waals surface area (Å²) < 4.78 is 11.7. The Hall–Kier alpha value is -2.14. The second-order valence-electron chi connectivity index (χ2n) is 7.03. The number of carbonyl (C=O) groups excluding carboxylic acids is 1. The first-order valence-electron chi connectivity index (χ1n) is 9.55. The third-order valence-corrected chi connectivity index (χ3v) is 5.07. The van der Waals surface area contributed by atoms with Crippen LogP contribution in [0.1, 0.15) is 46.5 Å². The lowest BCUT2D eigenvalue weighted by atomic mass is 9.78. The number of ether oxygens (including phenoxy) is 2. The van der Waals surface area contributed by atoms with Gasteiger partial charge in [-0.05, 0) is 63.3 Å². The molecule has 5 heteroatoms. The van der Waals surface area contributed by atoms with Crippen molar-refractivity contribution in [2.24, 2.45) is 5.92 Å². The van der Waals surface area contributed by atoms with Gasteiger partial charge in [0.1, 0.15) is 16.9 Å². The highest BCUT2D eigenvalue weighted by atomic mass is 16.5. The predicted octanol–water partition coefficient (Wildman–Crippen LogP) is 4.56. The number of anilines is 1. The van der Waals surface area contributed by atoms with Gasteiger partial charge in [-0.3, -0.25) is 9.78 Å². The van der Waals surface area contributed by atoms with E-state index < -0.39 is 5.60 Å². The Morgan fingerprint density at radius 2 is 2.15 bits per heavy atom. The minimum atomic E-state index is -0.737. The molecule has 1 aromatic carbocycles. The van der Waals surface area contributed by atoms with Gasteiger partial charge in [-0.1, -0.05) is 13.3 Å². The highest BCUT2D eigenvalue weighted by Crippen LogP contribution is 2.37. The minimum absolute atomic E-state index is 0.0554. The molecule has 0 spiro atoms. The third kappa shape index (κ3) is 3.68. The lowest BCUT2D eigenvalue weighted by molar-refractivity contribution is -0.147. The van der Waals surface area contributed by atoms with Crippen LogP contribution in [0.3, 0.4) is 0 Å². The number of rotatable bonds is 6. The fraction of sp³-hybridized carbons (Fsp3) is 0.524. The second kappa shape index (κ2) is 8.04. The van der Waals surface area contributed by atoms with Gasteiger partial charge in [0.05, 0.1) is 12.3 Å². The maximum absolute atomic E-state index is 13.2. The van der Waals surface area contributed by atoms with Gasteiger partial charge in [0, 0.05) is 18.2 Å². The molecule has 2 aromatic rings. The van der Waals surface area contributed by atoms with Gasteiger partial charge in [-0.2, -0.15) is 0 Å². The molecule has 1 aliphatic rings. The molecular weight excluding hydrogens is 328 g/mol. The first-order chi connectivity index (χ1) is 12.6. The van der Waals surface area contributed by atoms with Crippen molar-refractivity contribution in [1.29, 1.82) is 0 Å². The molecule has 1 aliphatic carbocycles. The molecule has 0 bridgehead atoms. The number of pyridine rings is 1. The zero-order valence-electron chi connectivity index (χ0n) is 15.9. The quantitative estimate of drug-likeness (QED) is 0.824. The first kappa shape index (κ1) is 18.6. The van der Waals surface area contributed by atoms with Crippen molar-refractivity contribution in [3.8, 4) is 5.75 Å². The van der Waals surface area contributed by atoms with Crippen molar-refractivity contribution in [2.75, 3.05) is 18.5 Å². The number of amides is 1. The second-order valence-corrected chi connectivity index (χ2v) is 7.03. The summed E-state index contributed by atoms with van der Waals surface area (Å²) in [4.78, 5) is 17.6. The summed E-state index contributed by atoms with van der Waals surface area (Å²) in [5, 5.41) is 3.99. The molecule has 3 rings (SSSR count). The van der Waals surface area contributed by atoms with Crippen molar-refractivity contribution in [3.05, 3.63) is 30.5 Å². The van der Waals surface area contributed by atoms with E-state index in [1.165, 1.54) is 0 Å². The molecular formula is C21H28N2O3. The molecule has 1 heterocycles. The van der Waals surface area contributed by atoms with Crippen LogP contribution in [0.5, 0.6) is 5.75 Å². The number of hydrogen-bond acceptors (Lipinski definition) is 4. The van der Waals surface area contributed by atoms with E-state index in [1.807, 2.05) is 38.1 Å². The standard InChI is InChI=1S/C21H28N2O3/c1-4-25-18-11-10-17(16-9-7-13-22-19(16)18)23-20(24)21(26-5-2)12-6-8-15(3)14-21/h7,9-11,13,15H,4-6,8,12,14H2,1-3H3,(H,23,24)/t15-,21-/m0/s1. The highest BCUT2D eigenvalue weighted by Gasteiger charge is 2.42. The Morgan fingerprint density at radius 1 is 1.31 bits per heavy atom. The predicted molar refractivity (Wildman–Crippen MR) is 104 cm³/mol. The molecule has 1 aromatic heterocycles. The first-order valence-corrected chi connectivity index (χ1v) is 9.55. The summed E-state index contributed by atoms with van der Waals surface area (Å²) >= 11 is 0. The van der Waals surface area contributed by atoms with Gasteiger partial charge in [0.25, 0.3) is 5.91 Å². The Kier molecular flexibility index (Phi) is 5.77. The van der Waals surface area contributed by atoms with E-state index in [2.05, 4.69) is 17.2 Å². The summed E-state index contributed by atoms with van der Waals surface area (Å²) in [6.45, 7) is 7.19. The van der Waals surface area contributed by atoms with Crippen LogP contribution in [0.25, 0.3) is 10.9 Å². The molecule has 1 amide bonds. The highest BCUT2D eigenvalue weighted by molar-refractivity contribution is 6.05. The molecule has 5 nitrogen and oxygen atoms in total. The van der Waals surface area contributed by atoms with E-state index in [0.29, 0.717) is 19.1 Å². The van der Waals surface area contributed by atoms with Crippen LogP contribution < -0.4 is 10.1 Å². The van der Waals surface area contributed by atoms with E-state index in [4.69, 9.17) is 9.47 Å². The summed E-state index contributed by atoms with van der Waals surface area (Å²) in [6.07, 6.45) is 5.43. The molecule has 0 radical (unpaired) electrons. The van der Waals surface area contributed by atoms with Gasteiger partial charge in [0.15, 0.2) is 0 Å². The number of aromatic nitrogens is 1. The van der Waals surface area contributed by atoms with Crippen LogP contribution in [-0.4, -0.2) is 29.7 Å². The number of fused-ring (bicyclic) bond motifs is 1. The van der Waals surface area contributed by atoms with Gasteiger partial charge in [0.2, 0.25) is 0 Å². The van der Waals surface area contributed by atoms with Crippen molar-refractivity contribution >= 4 is 22.5 Å².